The lowest BCUT2D eigenvalue weighted by Crippen LogP contribution is -2.11. The Hall–Kier alpha value is -0.740. The molecule has 4 heteroatoms. The van der Waals surface area contributed by atoms with Gasteiger partial charge in [-0.05, 0) is 59.6 Å². The van der Waals surface area contributed by atoms with E-state index in [1.807, 2.05) is 7.05 Å². The average Bonchev–Trinajstić information content (AvgIpc) is 2.75. The third-order valence-electron chi connectivity index (χ3n) is 2.80. The van der Waals surface area contributed by atoms with Crippen LogP contribution in [0.25, 0.3) is 0 Å². The van der Waals surface area contributed by atoms with Crippen molar-refractivity contribution in [2.75, 3.05) is 20.4 Å². The van der Waals surface area contributed by atoms with Crippen molar-refractivity contribution in [3.05, 3.63) is 21.7 Å². The number of nitrogens with one attached hydrogen (secondary N) is 1. The summed E-state index contributed by atoms with van der Waals surface area (Å²) in [5.74, 6) is 1.71. The molecule has 0 spiro atoms. The monoisotopic (exact) mass is 285 g/mol. The largest absolute Gasteiger partial charge is 0.454 e. The highest BCUT2D eigenvalue weighted by Gasteiger charge is 2.21. The lowest BCUT2D eigenvalue weighted by Gasteiger charge is -2.12. The molecule has 1 N–H and O–H groups in total. The first kappa shape index (κ1) is 11.7. The van der Waals surface area contributed by atoms with E-state index < -0.39 is 0 Å². The highest BCUT2D eigenvalue weighted by molar-refractivity contribution is 9.10. The van der Waals surface area contributed by atoms with Gasteiger partial charge in [-0.25, -0.2) is 0 Å². The van der Waals surface area contributed by atoms with Crippen LogP contribution in [0.3, 0.4) is 0 Å². The SMILES string of the molecule is CCc1c(CCNC)cc2c(c1Br)OCO2. The highest BCUT2D eigenvalue weighted by atomic mass is 79.9. The molecule has 1 aliphatic heterocycles. The van der Waals surface area contributed by atoms with Crippen molar-refractivity contribution in [2.45, 2.75) is 19.8 Å². The van der Waals surface area contributed by atoms with Gasteiger partial charge in [0.1, 0.15) is 0 Å². The van der Waals surface area contributed by atoms with Gasteiger partial charge >= 0.3 is 0 Å². The van der Waals surface area contributed by atoms with Gasteiger partial charge in [-0.15, -0.1) is 0 Å². The quantitative estimate of drug-likeness (QED) is 0.922. The number of halogens is 1. The molecule has 0 radical (unpaired) electrons. The number of rotatable bonds is 4. The summed E-state index contributed by atoms with van der Waals surface area (Å²) in [6, 6.07) is 2.10. The van der Waals surface area contributed by atoms with Gasteiger partial charge in [0.25, 0.3) is 0 Å². The lowest BCUT2D eigenvalue weighted by atomic mass is 10.0. The van der Waals surface area contributed by atoms with Crippen molar-refractivity contribution in [1.82, 2.24) is 5.32 Å². The van der Waals surface area contributed by atoms with Crippen LogP contribution in [-0.4, -0.2) is 20.4 Å². The molecule has 2 rings (SSSR count). The molecule has 0 amide bonds. The smallest absolute Gasteiger partial charge is 0.231 e. The third kappa shape index (κ3) is 2.04. The Kier molecular flexibility index (Phi) is 3.71. The van der Waals surface area contributed by atoms with Crippen LogP contribution in [0.15, 0.2) is 10.5 Å². The Labute approximate surface area is 104 Å². The molecule has 0 aromatic heterocycles. The van der Waals surface area contributed by atoms with Crippen molar-refractivity contribution < 1.29 is 9.47 Å². The zero-order chi connectivity index (χ0) is 11.5. The molecule has 0 atom stereocenters. The lowest BCUT2D eigenvalue weighted by molar-refractivity contribution is 0.173. The topological polar surface area (TPSA) is 30.5 Å². The predicted molar refractivity (Wildman–Crippen MR) is 67.3 cm³/mol. The standard InChI is InChI=1S/C12H16BrNO2/c1-3-9-8(4-5-14-2)6-10-12(11(9)13)16-7-15-10/h6,14H,3-5,7H2,1-2H3. The van der Waals surface area contributed by atoms with Gasteiger partial charge < -0.3 is 14.8 Å². The molecule has 0 aliphatic carbocycles. The van der Waals surface area contributed by atoms with Crippen molar-refractivity contribution in [3.8, 4) is 11.5 Å². The fourth-order valence-corrected chi connectivity index (χ4v) is 2.80. The van der Waals surface area contributed by atoms with Gasteiger partial charge in [0.2, 0.25) is 6.79 Å². The maximum Gasteiger partial charge on any atom is 0.231 e. The number of likely N-dealkylation sites (N-methyl/N-ethyl adjacent to an activating group) is 1. The minimum atomic E-state index is 0.326. The molecular weight excluding hydrogens is 270 g/mol. The van der Waals surface area contributed by atoms with E-state index in [1.54, 1.807) is 0 Å². The van der Waals surface area contributed by atoms with E-state index in [0.717, 1.165) is 35.4 Å². The maximum atomic E-state index is 5.45. The minimum Gasteiger partial charge on any atom is -0.454 e. The van der Waals surface area contributed by atoms with E-state index in [0.29, 0.717) is 6.79 Å². The van der Waals surface area contributed by atoms with Crippen LogP contribution in [-0.2, 0) is 12.8 Å². The van der Waals surface area contributed by atoms with Crippen LogP contribution in [0.5, 0.6) is 11.5 Å². The Bertz CT molecular complexity index is 393. The second-order valence-electron chi connectivity index (χ2n) is 3.77. The van der Waals surface area contributed by atoms with E-state index in [4.69, 9.17) is 9.47 Å². The molecule has 0 unspecified atom stereocenters. The molecule has 0 saturated heterocycles. The van der Waals surface area contributed by atoms with Crippen molar-refractivity contribution in [1.29, 1.82) is 0 Å². The van der Waals surface area contributed by atoms with Crippen molar-refractivity contribution in [3.63, 3.8) is 0 Å². The molecule has 0 bridgehead atoms. The second kappa shape index (κ2) is 5.06. The molecule has 88 valence electrons. The van der Waals surface area contributed by atoms with E-state index in [1.165, 1.54) is 11.1 Å². The average molecular weight is 286 g/mol. The normalized spacial score (nSPS) is 13.2. The Morgan fingerprint density at radius 2 is 2.25 bits per heavy atom. The van der Waals surface area contributed by atoms with E-state index >= 15 is 0 Å². The first-order valence-corrected chi connectivity index (χ1v) is 6.31. The molecule has 1 aromatic carbocycles. The van der Waals surface area contributed by atoms with Gasteiger partial charge in [-0.2, -0.15) is 0 Å². The third-order valence-corrected chi connectivity index (χ3v) is 3.64. The van der Waals surface area contributed by atoms with Gasteiger partial charge in [0.05, 0.1) is 4.47 Å². The highest BCUT2D eigenvalue weighted by Crippen LogP contribution is 2.43. The van der Waals surface area contributed by atoms with Crippen molar-refractivity contribution in [2.24, 2.45) is 0 Å². The van der Waals surface area contributed by atoms with Crippen molar-refractivity contribution >= 4 is 15.9 Å². The summed E-state index contributed by atoms with van der Waals surface area (Å²) in [6.45, 7) is 3.46. The predicted octanol–water partition coefficient (Wildman–Crippen LogP) is 2.50. The van der Waals surface area contributed by atoms with Crippen LogP contribution in [0, 0.1) is 0 Å². The molecule has 3 nitrogen and oxygen atoms in total. The molecule has 1 aromatic rings. The van der Waals surface area contributed by atoms with Gasteiger partial charge in [0.15, 0.2) is 11.5 Å². The van der Waals surface area contributed by atoms with Crippen LogP contribution in [0.4, 0.5) is 0 Å². The Morgan fingerprint density at radius 3 is 2.94 bits per heavy atom. The summed E-state index contributed by atoms with van der Waals surface area (Å²) < 4.78 is 11.9. The van der Waals surface area contributed by atoms with Gasteiger partial charge in [-0.1, -0.05) is 6.92 Å². The first-order chi connectivity index (χ1) is 7.77. The maximum absolute atomic E-state index is 5.45. The van der Waals surface area contributed by atoms with Gasteiger partial charge in [-0.3, -0.25) is 0 Å². The summed E-state index contributed by atoms with van der Waals surface area (Å²) in [5.41, 5.74) is 2.65. The summed E-state index contributed by atoms with van der Waals surface area (Å²) in [4.78, 5) is 0. The zero-order valence-electron chi connectivity index (χ0n) is 9.60. The second-order valence-corrected chi connectivity index (χ2v) is 4.56. The number of hydrogen-bond acceptors (Lipinski definition) is 3. The Morgan fingerprint density at radius 1 is 1.44 bits per heavy atom. The van der Waals surface area contributed by atoms with Crippen LogP contribution < -0.4 is 14.8 Å². The Balaban J connectivity index is 2.39. The van der Waals surface area contributed by atoms with Crippen LogP contribution in [0.1, 0.15) is 18.1 Å². The zero-order valence-corrected chi connectivity index (χ0v) is 11.2. The first-order valence-electron chi connectivity index (χ1n) is 5.52. The fourth-order valence-electron chi connectivity index (χ4n) is 1.96. The molecule has 1 aliphatic rings. The van der Waals surface area contributed by atoms with Crippen LogP contribution >= 0.6 is 15.9 Å². The summed E-state index contributed by atoms with van der Waals surface area (Å²) in [5, 5.41) is 3.17. The number of hydrogen-bond donors (Lipinski definition) is 1. The number of benzene rings is 1. The number of ether oxygens (including phenoxy) is 2. The minimum absolute atomic E-state index is 0.326. The van der Waals surface area contributed by atoms with E-state index in [-0.39, 0.29) is 0 Å². The van der Waals surface area contributed by atoms with Gasteiger partial charge in [0, 0.05) is 0 Å². The molecular formula is C12H16BrNO2. The van der Waals surface area contributed by atoms with E-state index in [2.05, 4.69) is 34.2 Å². The van der Waals surface area contributed by atoms with E-state index in [9.17, 15) is 0 Å². The van der Waals surface area contributed by atoms with Crippen LogP contribution in [0.2, 0.25) is 0 Å². The molecule has 0 saturated carbocycles. The molecule has 1 heterocycles. The summed E-state index contributed by atoms with van der Waals surface area (Å²) in [6.07, 6.45) is 2.01. The fraction of sp³-hybridized carbons (Fsp3) is 0.500. The number of fused-ring (bicyclic) bond motifs is 1. The molecule has 0 fully saturated rings. The summed E-state index contributed by atoms with van der Waals surface area (Å²) >= 11 is 3.61. The molecule has 16 heavy (non-hydrogen) atoms. The summed E-state index contributed by atoms with van der Waals surface area (Å²) in [7, 11) is 1.97.